The van der Waals surface area contributed by atoms with Gasteiger partial charge in [-0.1, -0.05) is 19.8 Å². The second-order valence-corrected chi connectivity index (χ2v) is 4.90. The highest BCUT2D eigenvalue weighted by Crippen LogP contribution is 2.17. The van der Waals surface area contributed by atoms with Crippen LogP contribution in [0.4, 0.5) is 0 Å². The average molecular weight is 248 g/mol. The van der Waals surface area contributed by atoms with Gasteiger partial charge in [0.15, 0.2) is 5.78 Å². The quantitative estimate of drug-likeness (QED) is 0.812. The number of nitrogens with one attached hydrogen (secondary N) is 1. The standard InChI is InChI=1S/C14H20N2O2/c1-2-13(17)11-7-8-16(9-11)10-14(18)15-12-5-3-4-6-12/h7-9,12H,2-6,10H2,1H3,(H,15,18). The molecule has 1 aromatic heterocycles. The minimum absolute atomic E-state index is 0.0352. The van der Waals surface area contributed by atoms with Gasteiger partial charge in [0.2, 0.25) is 5.91 Å². The summed E-state index contributed by atoms with van der Waals surface area (Å²) in [6, 6.07) is 2.12. The summed E-state index contributed by atoms with van der Waals surface area (Å²) >= 11 is 0. The number of Topliss-reactive ketones (excluding diaryl/α,β-unsaturated/α-hetero) is 1. The molecule has 0 spiro atoms. The van der Waals surface area contributed by atoms with Gasteiger partial charge in [0, 0.05) is 30.4 Å². The normalized spacial score (nSPS) is 15.8. The summed E-state index contributed by atoms with van der Waals surface area (Å²) in [5.74, 6) is 0.151. The van der Waals surface area contributed by atoms with Gasteiger partial charge in [-0.15, -0.1) is 0 Å². The number of aromatic nitrogens is 1. The van der Waals surface area contributed by atoms with E-state index in [1.54, 1.807) is 23.0 Å². The summed E-state index contributed by atoms with van der Waals surface area (Å²) in [4.78, 5) is 23.3. The molecule has 0 saturated heterocycles. The van der Waals surface area contributed by atoms with Crippen LogP contribution in [0.2, 0.25) is 0 Å². The minimum atomic E-state index is 0.0352. The lowest BCUT2D eigenvalue weighted by Crippen LogP contribution is -2.34. The molecule has 1 aliphatic rings. The Hall–Kier alpha value is -1.58. The van der Waals surface area contributed by atoms with Crippen LogP contribution in [0.1, 0.15) is 49.4 Å². The monoisotopic (exact) mass is 248 g/mol. The van der Waals surface area contributed by atoms with Crippen LogP contribution >= 0.6 is 0 Å². The van der Waals surface area contributed by atoms with Crippen LogP contribution in [0.15, 0.2) is 18.5 Å². The van der Waals surface area contributed by atoms with Gasteiger partial charge in [-0.25, -0.2) is 0 Å². The lowest BCUT2D eigenvalue weighted by molar-refractivity contribution is -0.122. The maximum atomic E-state index is 11.8. The summed E-state index contributed by atoms with van der Waals surface area (Å²) in [6.07, 6.45) is 8.65. The Morgan fingerprint density at radius 2 is 2.11 bits per heavy atom. The van der Waals surface area contributed by atoms with Crippen LogP contribution in [0.3, 0.4) is 0 Å². The van der Waals surface area contributed by atoms with E-state index in [0.29, 0.717) is 24.6 Å². The van der Waals surface area contributed by atoms with Crippen molar-refractivity contribution in [3.8, 4) is 0 Å². The molecule has 98 valence electrons. The molecule has 4 heteroatoms. The van der Waals surface area contributed by atoms with Gasteiger partial charge in [-0.05, 0) is 18.9 Å². The number of hydrogen-bond acceptors (Lipinski definition) is 2. The van der Waals surface area contributed by atoms with Crippen molar-refractivity contribution in [2.45, 2.75) is 51.6 Å². The Balaban J connectivity index is 1.86. The van der Waals surface area contributed by atoms with Crippen molar-refractivity contribution in [1.82, 2.24) is 9.88 Å². The van der Waals surface area contributed by atoms with E-state index in [4.69, 9.17) is 0 Å². The van der Waals surface area contributed by atoms with Crippen molar-refractivity contribution in [3.63, 3.8) is 0 Å². The summed E-state index contributed by atoms with van der Waals surface area (Å²) in [5, 5.41) is 3.04. The molecule has 0 aromatic carbocycles. The van der Waals surface area contributed by atoms with Crippen LogP contribution in [0.5, 0.6) is 0 Å². The Morgan fingerprint density at radius 1 is 1.39 bits per heavy atom. The van der Waals surface area contributed by atoms with E-state index in [2.05, 4.69) is 5.32 Å². The fourth-order valence-corrected chi connectivity index (χ4v) is 2.42. The Bertz CT molecular complexity index is 431. The Morgan fingerprint density at radius 3 is 2.78 bits per heavy atom. The molecule has 1 saturated carbocycles. The lowest BCUT2D eigenvalue weighted by Gasteiger charge is -2.12. The summed E-state index contributed by atoms with van der Waals surface area (Å²) in [6.45, 7) is 2.14. The van der Waals surface area contributed by atoms with Crippen LogP contribution in [-0.4, -0.2) is 22.3 Å². The van der Waals surface area contributed by atoms with Gasteiger partial charge in [-0.3, -0.25) is 9.59 Å². The second kappa shape index (κ2) is 5.85. The molecule has 0 atom stereocenters. The molecule has 1 aromatic rings. The molecule has 4 nitrogen and oxygen atoms in total. The number of hydrogen-bond donors (Lipinski definition) is 1. The van der Waals surface area contributed by atoms with Crippen molar-refractivity contribution in [3.05, 3.63) is 24.0 Å². The first-order valence-corrected chi connectivity index (χ1v) is 6.67. The average Bonchev–Trinajstić information content (AvgIpc) is 2.99. The van der Waals surface area contributed by atoms with E-state index in [1.165, 1.54) is 12.8 Å². The SMILES string of the molecule is CCC(=O)c1ccn(CC(=O)NC2CCCC2)c1. The Labute approximate surface area is 107 Å². The molecule has 18 heavy (non-hydrogen) atoms. The molecule has 1 heterocycles. The number of carbonyl (C=O) groups excluding carboxylic acids is 2. The van der Waals surface area contributed by atoms with Crippen molar-refractivity contribution < 1.29 is 9.59 Å². The predicted octanol–water partition coefficient (Wildman–Crippen LogP) is 2.14. The van der Waals surface area contributed by atoms with Gasteiger partial charge in [0.05, 0.1) is 0 Å². The van der Waals surface area contributed by atoms with Crippen molar-refractivity contribution in [1.29, 1.82) is 0 Å². The fourth-order valence-electron chi connectivity index (χ4n) is 2.42. The van der Waals surface area contributed by atoms with Crippen molar-refractivity contribution in [2.24, 2.45) is 0 Å². The van der Waals surface area contributed by atoms with E-state index in [1.807, 2.05) is 6.92 Å². The third-order valence-corrected chi connectivity index (χ3v) is 3.44. The first-order valence-electron chi connectivity index (χ1n) is 6.67. The molecule has 2 rings (SSSR count). The number of ketones is 1. The molecule has 1 N–H and O–H groups in total. The number of amides is 1. The maximum absolute atomic E-state index is 11.8. The number of carbonyl (C=O) groups is 2. The van der Waals surface area contributed by atoms with E-state index >= 15 is 0 Å². The lowest BCUT2D eigenvalue weighted by atomic mass is 10.2. The highest BCUT2D eigenvalue weighted by Gasteiger charge is 2.17. The van der Waals surface area contributed by atoms with Crippen molar-refractivity contribution in [2.75, 3.05) is 0 Å². The third kappa shape index (κ3) is 3.22. The van der Waals surface area contributed by atoms with Crippen LogP contribution in [0.25, 0.3) is 0 Å². The molecule has 1 fully saturated rings. The van der Waals surface area contributed by atoms with Crippen LogP contribution in [0, 0.1) is 0 Å². The third-order valence-electron chi connectivity index (χ3n) is 3.44. The molecule has 0 aliphatic heterocycles. The maximum Gasteiger partial charge on any atom is 0.240 e. The topological polar surface area (TPSA) is 51.1 Å². The fraction of sp³-hybridized carbons (Fsp3) is 0.571. The smallest absolute Gasteiger partial charge is 0.240 e. The molecule has 1 amide bonds. The summed E-state index contributed by atoms with van der Waals surface area (Å²) in [7, 11) is 0. The van der Waals surface area contributed by atoms with E-state index in [0.717, 1.165) is 12.8 Å². The molecule has 0 radical (unpaired) electrons. The summed E-state index contributed by atoms with van der Waals surface area (Å²) in [5.41, 5.74) is 0.686. The highest BCUT2D eigenvalue weighted by molar-refractivity contribution is 5.95. The second-order valence-electron chi connectivity index (χ2n) is 4.90. The molecule has 0 unspecified atom stereocenters. The molecule has 1 aliphatic carbocycles. The van der Waals surface area contributed by atoms with E-state index in [9.17, 15) is 9.59 Å². The van der Waals surface area contributed by atoms with Crippen LogP contribution in [-0.2, 0) is 11.3 Å². The van der Waals surface area contributed by atoms with E-state index < -0.39 is 0 Å². The molecular formula is C14H20N2O2. The minimum Gasteiger partial charge on any atom is -0.352 e. The van der Waals surface area contributed by atoms with Gasteiger partial charge < -0.3 is 9.88 Å². The molecular weight excluding hydrogens is 228 g/mol. The van der Waals surface area contributed by atoms with Crippen molar-refractivity contribution >= 4 is 11.7 Å². The zero-order valence-corrected chi connectivity index (χ0v) is 10.8. The highest BCUT2D eigenvalue weighted by atomic mass is 16.2. The van der Waals surface area contributed by atoms with Gasteiger partial charge in [0.25, 0.3) is 0 Å². The van der Waals surface area contributed by atoms with Gasteiger partial charge in [0.1, 0.15) is 6.54 Å². The van der Waals surface area contributed by atoms with Crippen LogP contribution < -0.4 is 5.32 Å². The number of rotatable bonds is 5. The van der Waals surface area contributed by atoms with Gasteiger partial charge in [-0.2, -0.15) is 0 Å². The van der Waals surface area contributed by atoms with Gasteiger partial charge >= 0.3 is 0 Å². The largest absolute Gasteiger partial charge is 0.352 e. The zero-order valence-electron chi connectivity index (χ0n) is 10.8. The summed E-state index contributed by atoms with van der Waals surface area (Å²) < 4.78 is 1.77. The first kappa shape index (κ1) is 12.9. The zero-order chi connectivity index (χ0) is 13.0. The predicted molar refractivity (Wildman–Crippen MR) is 69.5 cm³/mol. The molecule has 0 bridgehead atoms. The van der Waals surface area contributed by atoms with E-state index in [-0.39, 0.29) is 11.7 Å². The Kier molecular flexibility index (Phi) is 4.18. The number of nitrogens with zero attached hydrogens (tertiary/aromatic N) is 1. The first-order chi connectivity index (χ1) is 8.69.